The first-order chi connectivity index (χ1) is 7.99. The number of benzene rings is 1. The molecule has 0 fully saturated rings. The summed E-state index contributed by atoms with van der Waals surface area (Å²) in [5.41, 5.74) is -0.422. The van der Waals surface area contributed by atoms with Gasteiger partial charge in [0.15, 0.2) is 0 Å². The molecular formula is C11H7BrF2N2O. The predicted octanol–water partition coefficient (Wildman–Crippen LogP) is 2.69. The van der Waals surface area contributed by atoms with Gasteiger partial charge < -0.3 is 0 Å². The molecule has 17 heavy (non-hydrogen) atoms. The second-order valence-corrected chi connectivity index (χ2v) is 4.39. The van der Waals surface area contributed by atoms with E-state index in [1.165, 1.54) is 17.1 Å². The van der Waals surface area contributed by atoms with E-state index in [0.717, 1.165) is 12.1 Å². The Morgan fingerprint density at radius 1 is 1.35 bits per heavy atom. The number of hydrogen-bond acceptors (Lipinski definition) is 2. The lowest BCUT2D eigenvalue weighted by atomic mass is 10.1. The van der Waals surface area contributed by atoms with Crippen LogP contribution in [0.2, 0.25) is 0 Å². The van der Waals surface area contributed by atoms with Crippen LogP contribution in [0.25, 0.3) is 0 Å². The van der Waals surface area contributed by atoms with E-state index in [0.29, 0.717) is 0 Å². The van der Waals surface area contributed by atoms with Crippen LogP contribution in [0.4, 0.5) is 8.78 Å². The highest BCUT2D eigenvalue weighted by Crippen LogP contribution is 2.21. The third-order valence-electron chi connectivity index (χ3n) is 2.20. The fourth-order valence-corrected chi connectivity index (χ4v) is 1.84. The fraction of sp³-hybridized carbons (Fsp3) is 0.0909. The smallest absolute Gasteiger partial charge is 0.202 e. The van der Waals surface area contributed by atoms with Gasteiger partial charge in [-0.25, -0.2) is 8.78 Å². The summed E-state index contributed by atoms with van der Waals surface area (Å²) >= 11 is 2.95. The normalized spacial score (nSPS) is 10.6. The molecular weight excluding hydrogens is 294 g/mol. The van der Waals surface area contributed by atoms with Gasteiger partial charge in [0.25, 0.3) is 0 Å². The summed E-state index contributed by atoms with van der Waals surface area (Å²) in [7, 11) is 1.62. The van der Waals surface area contributed by atoms with Crippen molar-refractivity contribution in [1.82, 2.24) is 9.78 Å². The predicted molar refractivity (Wildman–Crippen MR) is 60.7 cm³/mol. The molecule has 0 aliphatic carbocycles. The van der Waals surface area contributed by atoms with Crippen molar-refractivity contribution in [3.05, 3.63) is 51.8 Å². The molecule has 88 valence electrons. The van der Waals surface area contributed by atoms with Crippen molar-refractivity contribution in [3.8, 4) is 0 Å². The van der Waals surface area contributed by atoms with E-state index < -0.39 is 23.0 Å². The molecule has 1 heterocycles. The van der Waals surface area contributed by atoms with Gasteiger partial charge in [-0.1, -0.05) is 15.9 Å². The van der Waals surface area contributed by atoms with Crippen LogP contribution in [0.5, 0.6) is 0 Å². The summed E-state index contributed by atoms with van der Waals surface area (Å²) in [5.74, 6) is -2.52. The molecule has 3 nitrogen and oxygen atoms in total. The van der Waals surface area contributed by atoms with Crippen molar-refractivity contribution in [2.75, 3.05) is 0 Å². The molecule has 0 unspecified atom stereocenters. The summed E-state index contributed by atoms with van der Waals surface area (Å²) in [4.78, 5) is 11.9. The Balaban J connectivity index is 2.51. The van der Waals surface area contributed by atoms with Crippen LogP contribution in [0.1, 0.15) is 15.9 Å². The molecule has 0 aliphatic rings. The topological polar surface area (TPSA) is 34.9 Å². The summed E-state index contributed by atoms with van der Waals surface area (Å²) in [6.07, 6.45) is 2.67. The molecule has 2 rings (SSSR count). The number of rotatable bonds is 2. The van der Waals surface area contributed by atoms with Gasteiger partial charge in [-0.3, -0.25) is 9.48 Å². The number of ketones is 1. The summed E-state index contributed by atoms with van der Waals surface area (Å²) < 4.78 is 28.7. The van der Waals surface area contributed by atoms with E-state index in [-0.39, 0.29) is 10.0 Å². The Labute approximate surface area is 104 Å². The summed E-state index contributed by atoms with van der Waals surface area (Å²) in [6, 6.07) is 2.10. The van der Waals surface area contributed by atoms with Gasteiger partial charge in [-0.05, 0) is 12.1 Å². The van der Waals surface area contributed by atoms with Crippen LogP contribution in [-0.2, 0) is 7.05 Å². The zero-order chi connectivity index (χ0) is 12.6. The first-order valence-electron chi connectivity index (χ1n) is 4.67. The molecule has 0 atom stereocenters. The first kappa shape index (κ1) is 11.9. The van der Waals surface area contributed by atoms with E-state index in [1.54, 1.807) is 7.05 Å². The third kappa shape index (κ3) is 2.26. The molecule has 0 bridgehead atoms. The molecule has 6 heteroatoms. The quantitative estimate of drug-likeness (QED) is 0.799. The lowest BCUT2D eigenvalue weighted by Gasteiger charge is -2.03. The van der Waals surface area contributed by atoms with Gasteiger partial charge in [-0.15, -0.1) is 0 Å². The van der Waals surface area contributed by atoms with Crippen LogP contribution >= 0.6 is 15.9 Å². The van der Waals surface area contributed by atoms with E-state index in [1.807, 2.05) is 0 Å². The first-order valence-corrected chi connectivity index (χ1v) is 5.46. The highest BCUT2D eigenvalue weighted by molar-refractivity contribution is 9.10. The molecule has 0 saturated carbocycles. The Morgan fingerprint density at radius 3 is 2.41 bits per heavy atom. The minimum Gasteiger partial charge on any atom is -0.288 e. The van der Waals surface area contributed by atoms with Crippen molar-refractivity contribution in [3.63, 3.8) is 0 Å². The Morgan fingerprint density at radius 2 is 1.94 bits per heavy atom. The third-order valence-corrected chi connectivity index (χ3v) is 2.66. The number of aryl methyl sites for hydroxylation is 1. The fourth-order valence-electron chi connectivity index (χ4n) is 1.44. The standard InChI is InChI=1S/C11H7BrF2N2O/c1-16-5-6(4-15-16)11(17)10-8(13)2-7(12)3-9(10)14/h2-5H,1H3. The van der Waals surface area contributed by atoms with Crippen molar-refractivity contribution in [1.29, 1.82) is 0 Å². The van der Waals surface area contributed by atoms with Crippen LogP contribution < -0.4 is 0 Å². The minimum atomic E-state index is -0.897. The van der Waals surface area contributed by atoms with Crippen molar-refractivity contribution < 1.29 is 13.6 Å². The largest absolute Gasteiger partial charge is 0.288 e. The molecule has 0 N–H and O–H groups in total. The average molecular weight is 301 g/mol. The summed E-state index contributed by atoms with van der Waals surface area (Å²) in [5, 5.41) is 3.78. The molecule has 1 aromatic carbocycles. The summed E-state index contributed by atoms with van der Waals surface area (Å²) in [6.45, 7) is 0. The number of carbonyl (C=O) groups is 1. The van der Waals surface area contributed by atoms with Crippen molar-refractivity contribution >= 4 is 21.7 Å². The maximum atomic E-state index is 13.5. The zero-order valence-electron chi connectivity index (χ0n) is 8.75. The van der Waals surface area contributed by atoms with Crippen molar-refractivity contribution in [2.24, 2.45) is 7.05 Å². The number of nitrogens with zero attached hydrogens (tertiary/aromatic N) is 2. The zero-order valence-corrected chi connectivity index (χ0v) is 10.3. The lowest BCUT2D eigenvalue weighted by Crippen LogP contribution is -2.07. The van der Waals surface area contributed by atoms with Gasteiger partial charge in [0.1, 0.15) is 11.6 Å². The number of aromatic nitrogens is 2. The maximum absolute atomic E-state index is 13.5. The number of halogens is 3. The molecule has 0 radical (unpaired) electrons. The van der Waals surface area contributed by atoms with Crippen LogP contribution in [0.15, 0.2) is 29.0 Å². The van der Waals surface area contributed by atoms with Crippen LogP contribution in [0, 0.1) is 11.6 Å². The van der Waals surface area contributed by atoms with Gasteiger partial charge in [0.05, 0.1) is 17.3 Å². The second kappa shape index (κ2) is 4.37. The van der Waals surface area contributed by atoms with E-state index in [9.17, 15) is 13.6 Å². The van der Waals surface area contributed by atoms with Gasteiger partial charge >= 0.3 is 0 Å². The molecule has 0 amide bonds. The highest BCUT2D eigenvalue weighted by Gasteiger charge is 2.20. The SMILES string of the molecule is Cn1cc(C(=O)c2c(F)cc(Br)cc2F)cn1. The van der Waals surface area contributed by atoms with E-state index in [2.05, 4.69) is 21.0 Å². The Hall–Kier alpha value is -1.56. The molecule has 2 aromatic rings. The van der Waals surface area contributed by atoms with Gasteiger partial charge in [0.2, 0.25) is 5.78 Å². The van der Waals surface area contributed by atoms with Crippen LogP contribution in [-0.4, -0.2) is 15.6 Å². The number of hydrogen-bond donors (Lipinski definition) is 0. The van der Waals surface area contributed by atoms with E-state index >= 15 is 0 Å². The van der Waals surface area contributed by atoms with Crippen molar-refractivity contribution in [2.45, 2.75) is 0 Å². The van der Waals surface area contributed by atoms with Gasteiger partial charge in [0, 0.05) is 17.7 Å². The average Bonchev–Trinajstić information content (AvgIpc) is 2.63. The Kier molecular flexibility index (Phi) is 3.06. The lowest BCUT2D eigenvalue weighted by molar-refractivity contribution is 0.103. The second-order valence-electron chi connectivity index (χ2n) is 3.48. The van der Waals surface area contributed by atoms with E-state index in [4.69, 9.17) is 0 Å². The minimum absolute atomic E-state index is 0.146. The maximum Gasteiger partial charge on any atom is 0.202 e. The van der Waals surface area contributed by atoms with Crippen LogP contribution in [0.3, 0.4) is 0 Å². The molecule has 0 spiro atoms. The highest BCUT2D eigenvalue weighted by atomic mass is 79.9. The number of carbonyl (C=O) groups excluding carboxylic acids is 1. The Bertz CT molecular complexity index is 572. The van der Waals surface area contributed by atoms with Gasteiger partial charge in [-0.2, -0.15) is 5.10 Å². The molecule has 0 aliphatic heterocycles. The molecule has 0 saturated heterocycles. The molecule has 1 aromatic heterocycles. The monoisotopic (exact) mass is 300 g/mol.